The lowest BCUT2D eigenvalue weighted by Gasteiger charge is -2.08. The number of nitrogens with one attached hydrogen (secondary N) is 1. The molecule has 0 aliphatic heterocycles. The summed E-state index contributed by atoms with van der Waals surface area (Å²) in [6.45, 7) is 5.92. The van der Waals surface area contributed by atoms with Gasteiger partial charge in [0.25, 0.3) is 0 Å². The minimum absolute atomic E-state index is 0.00426. The van der Waals surface area contributed by atoms with Crippen LogP contribution in [0, 0.1) is 6.92 Å². The van der Waals surface area contributed by atoms with Crippen LogP contribution in [0.3, 0.4) is 0 Å². The van der Waals surface area contributed by atoms with Gasteiger partial charge < -0.3 is 9.73 Å². The van der Waals surface area contributed by atoms with Crippen molar-refractivity contribution in [2.45, 2.75) is 33.6 Å². The van der Waals surface area contributed by atoms with E-state index in [4.69, 9.17) is 4.42 Å². The van der Waals surface area contributed by atoms with Gasteiger partial charge in [0.05, 0.1) is 0 Å². The molecule has 0 aliphatic rings. The number of carbonyl (C=O) groups is 1. The molecule has 0 bridgehead atoms. The molecule has 1 amide bonds. The van der Waals surface area contributed by atoms with E-state index >= 15 is 0 Å². The van der Waals surface area contributed by atoms with Crippen LogP contribution >= 0.6 is 0 Å². The molecule has 0 aliphatic carbocycles. The van der Waals surface area contributed by atoms with Gasteiger partial charge in [-0.1, -0.05) is 26.0 Å². The molecule has 1 heterocycles. The Labute approximate surface area is 135 Å². The van der Waals surface area contributed by atoms with Crippen molar-refractivity contribution in [3.8, 4) is 11.5 Å². The summed E-state index contributed by atoms with van der Waals surface area (Å²) in [5, 5.41) is 2.91. The van der Waals surface area contributed by atoms with E-state index in [1.165, 1.54) is 5.56 Å². The average molecular weight is 308 g/mol. The fraction of sp³-hybridized carbons (Fsp3) is 0.263. The SMILES string of the molecule is CCC(=O)Nc1cc(-c2nc3cc(CC)ccc3o2)ccc1C. The number of aromatic nitrogens is 1. The smallest absolute Gasteiger partial charge is 0.227 e. The van der Waals surface area contributed by atoms with Gasteiger partial charge in [-0.15, -0.1) is 0 Å². The highest BCUT2D eigenvalue weighted by Gasteiger charge is 2.11. The minimum Gasteiger partial charge on any atom is -0.436 e. The zero-order valence-corrected chi connectivity index (χ0v) is 13.6. The molecule has 118 valence electrons. The Morgan fingerprint density at radius 1 is 1.17 bits per heavy atom. The first kappa shape index (κ1) is 15.3. The van der Waals surface area contributed by atoms with Gasteiger partial charge in [-0.3, -0.25) is 4.79 Å². The van der Waals surface area contributed by atoms with Crippen molar-refractivity contribution < 1.29 is 9.21 Å². The molecule has 0 atom stereocenters. The number of rotatable bonds is 4. The van der Waals surface area contributed by atoms with Crippen LogP contribution in [0.4, 0.5) is 5.69 Å². The van der Waals surface area contributed by atoms with E-state index in [2.05, 4.69) is 29.4 Å². The van der Waals surface area contributed by atoms with E-state index in [1.54, 1.807) is 0 Å². The average Bonchev–Trinajstić information content (AvgIpc) is 2.99. The van der Waals surface area contributed by atoms with Crippen LogP contribution in [0.5, 0.6) is 0 Å². The third-order valence-corrected chi connectivity index (χ3v) is 3.94. The Balaban J connectivity index is 2.01. The van der Waals surface area contributed by atoms with E-state index in [-0.39, 0.29) is 5.91 Å². The second-order valence-electron chi connectivity index (χ2n) is 5.61. The van der Waals surface area contributed by atoms with Crippen molar-refractivity contribution in [2.75, 3.05) is 5.32 Å². The fourth-order valence-corrected chi connectivity index (χ4v) is 2.44. The molecule has 4 heteroatoms. The monoisotopic (exact) mass is 308 g/mol. The first-order valence-electron chi connectivity index (χ1n) is 7.91. The van der Waals surface area contributed by atoms with Crippen molar-refractivity contribution in [1.29, 1.82) is 0 Å². The van der Waals surface area contributed by atoms with E-state index in [1.807, 2.05) is 38.1 Å². The Morgan fingerprint density at radius 3 is 2.74 bits per heavy atom. The number of benzene rings is 2. The molecule has 3 rings (SSSR count). The number of nitrogens with zero attached hydrogens (tertiary/aromatic N) is 1. The molecule has 2 aromatic carbocycles. The highest BCUT2D eigenvalue weighted by atomic mass is 16.3. The summed E-state index contributed by atoms with van der Waals surface area (Å²) in [6.07, 6.45) is 1.42. The lowest BCUT2D eigenvalue weighted by Crippen LogP contribution is -2.10. The van der Waals surface area contributed by atoms with Gasteiger partial charge in [-0.25, -0.2) is 4.98 Å². The zero-order valence-electron chi connectivity index (χ0n) is 13.6. The molecular weight excluding hydrogens is 288 g/mol. The third-order valence-electron chi connectivity index (χ3n) is 3.94. The molecule has 1 N–H and O–H groups in total. The van der Waals surface area contributed by atoms with E-state index in [9.17, 15) is 4.79 Å². The van der Waals surface area contributed by atoms with Crippen LogP contribution in [0.15, 0.2) is 40.8 Å². The van der Waals surface area contributed by atoms with E-state index < -0.39 is 0 Å². The van der Waals surface area contributed by atoms with Gasteiger partial charge in [-0.2, -0.15) is 0 Å². The maximum absolute atomic E-state index is 11.6. The summed E-state index contributed by atoms with van der Waals surface area (Å²) in [5.74, 6) is 0.565. The number of hydrogen-bond acceptors (Lipinski definition) is 3. The predicted molar refractivity (Wildman–Crippen MR) is 92.5 cm³/mol. The number of carbonyl (C=O) groups excluding carboxylic acids is 1. The summed E-state index contributed by atoms with van der Waals surface area (Å²) in [5.41, 5.74) is 5.54. The van der Waals surface area contributed by atoms with Crippen LogP contribution in [0.1, 0.15) is 31.4 Å². The quantitative estimate of drug-likeness (QED) is 0.759. The Morgan fingerprint density at radius 2 is 2.00 bits per heavy atom. The molecule has 0 radical (unpaired) electrons. The lowest BCUT2D eigenvalue weighted by molar-refractivity contribution is -0.115. The van der Waals surface area contributed by atoms with Crippen LogP contribution in [-0.4, -0.2) is 10.9 Å². The molecule has 4 nitrogen and oxygen atoms in total. The predicted octanol–water partition coefficient (Wildman–Crippen LogP) is 4.71. The molecule has 0 unspecified atom stereocenters. The largest absolute Gasteiger partial charge is 0.436 e. The Bertz CT molecular complexity index is 865. The standard InChI is InChI=1S/C19H20N2O2/c1-4-13-7-9-17-16(10-13)21-19(23-17)14-8-6-12(3)15(11-14)20-18(22)5-2/h6-11H,4-5H2,1-3H3,(H,20,22). The van der Waals surface area contributed by atoms with Crippen molar-refractivity contribution in [1.82, 2.24) is 4.98 Å². The summed E-state index contributed by atoms with van der Waals surface area (Å²) in [4.78, 5) is 16.2. The summed E-state index contributed by atoms with van der Waals surface area (Å²) in [7, 11) is 0. The zero-order chi connectivity index (χ0) is 16.4. The maximum atomic E-state index is 11.6. The minimum atomic E-state index is -0.00426. The second kappa shape index (κ2) is 6.24. The van der Waals surface area contributed by atoms with Gasteiger partial charge in [0.2, 0.25) is 11.8 Å². The van der Waals surface area contributed by atoms with Gasteiger partial charge in [0.15, 0.2) is 5.58 Å². The Kier molecular flexibility index (Phi) is 4.15. The normalized spacial score (nSPS) is 10.9. The lowest BCUT2D eigenvalue weighted by atomic mass is 10.1. The number of hydrogen-bond donors (Lipinski definition) is 1. The van der Waals surface area contributed by atoms with Crippen LogP contribution < -0.4 is 5.32 Å². The third kappa shape index (κ3) is 3.11. The molecule has 0 saturated carbocycles. The maximum Gasteiger partial charge on any atom is 0.227 e. The Hall–Kier alpha value is -2.62. The first-order chi connectivity index (χ1) is 11.1. The van der Waals surface area contributed by atoms with Crippen LogP contribution in [0.25, 0.3) is 22.6 Å². The van der Waals surface area contributed by atoms with Crippen molar-refractivity contribution in [2.24, 2.45) is 0 Å². The molecule has 0 spiro atoms. The topological polar surface area (TPSA) is 55.1 Å². The summed E-state index contributed by atoms with van der Waals surface area (Å²) in [6, 6.07) is 11.9. The van der Waals surface area contributed by atoms with E-state index in [0.717, 1.165) is 34.3 Å². The molecule has 0 fully saturated rings. The molecule has 23 heavy (non-hydrogen) atoms. The van der Waals surface area contributed by atoms with Gasteiger partial charge in [0.1, 0.15) is 5.52 Å². The van der Waals surface area contributed by atoms with Crippen molar-refractivity contribution in [3.63, 3.8) is 0 Å². The fourth-order valence-electron chi connectivity index (χ4n) is 2.44. The van der Waals surface area contributed by atoms with Crippen LogP contribution in [0.2, 0.25) is 0 Å². The molecule has 0 saturated heterocycles. The van der Waals surface area contributed by atoms with Gasteiger partial charge >= 0.3 is 0 Å². The number of fused-ring (bicyclic) bond motifs is 1. The number of aryl methyl sites for hydroxylation is 2. The number of oxazole rings is 1. The first-order valence-corrected chi connectivity index (χ1v) is 7.91. The second-order valence-corrected chi connectivity index (χ2v) is 5.61. The van der Waals surface area contributed by atoms with Crippen molar-refractivity contribution >= 4 is 22.7 Å². The molecular formula is C19H20N2O2. The van der Waals surface area contributed by atoms with Gasteiger partial charge in [0, 0.05) is 17.7 Å². The van der Waals surface area contributed by atoms with Crippen LogP contribution in [-0.2, 0) is 11.2 Å². The van der Waals surface area contributed by atoms with E-state index in [0.29, 0.717) is 12.3 Å². The molecule has 3 aromatic rings. The van der Waals surface area contributed by atoms with Gasteiger partial charge in [-0.05, 0) is 48.7 Å². The number of anilines is 1. The van der Waals surface area contributed by atoms with Crippen molar-refractivity contribution in [3.05, 3.63) is 47.5 Å². The summed E-state index contributed by atoms with van der Waals surface area (Å²) >= 11 is 0. The highest BCUT2D eigenvalue weighted by Crippen LogP contribution is 2.28. The highest BCUT2D eigenvalue weighted by molar-refractivity contribution is 5.92. The summed E-state index contributed by atoms with van der Waals surface area (Å²) < 4.78 is 5.86. The molecule has 1 aromatic heterocycles. The number of amides is 1.